The molecule has 0 atom stereocenters. The summed E-state index contributed by atoms with van der Waals surface area (Å²) in [4.78, 5) is 15.8. The van der Waals surface area contributed by atoms with Crippen molar-refractivity contribution in [3.63, 3.8) is 0 Å². The van der Waals surface area contributed by atoms with E-state index in [0.717, 1.165) is 35.1 Å². The average Bonchev–Trinajstić information content (AvgIpc) is 2.84. The summed E-state index contributed by atoms with van der Waals surface area (Å²) < 4.78 is 47.2. The first kappa shape index (κ1) is 21.9. The Morgan fingerprint density at radius 2 is 1.74 bits per heavy atom. The molecule has 0 aliphatic carbocycles. The van der Waals surface area contributed by atoms with Crippen LogP contribution in [0.1, 0.15) is 0 Å². The quantitative estimate of drug-likeness (QED) is 0.434. The van der Waals surface area contributed by atoms with Crippen LogP contribution < -0.4 is 15.0 Å². The number of rotatable bonds is 5. The van der Waals surface area contributed by atoms with Crippen LogP contribution in [0.3, 0.4) is 0 Å². The zero-order valence-corrected chi connectivity index (χ0v) is 17.9. The molecule has 10 heteroatoms. The van der Waals surface area contributed by atoms with Crippen molar-refractivity contribution in [2.45, 2.75) is 6.36 Å². The van der Waals surface area contributed by atoms with Crippen molar-refractivity contribution in [1.82, 2.24) is 15.0 Å². The Balaban J connectivity index is 1.48. The Kier molecular flexibility index (Phi) is 5.89. The molecule has 34 heavy (non-hydrogen) atoms. The first-order chi connectivity index (χ1) is 16.5. The number of nitrogens with one attached hydrogen (secondary N) is 1. The summed E-state index contributed by atoms with van der Waals surface area (Å²) in [6.07, 6.45) is -1.34. The molecule has 1 aliphatic heterocycles. The number of benzene rings is 2. The lowest BCUT2D eigenvalue weighted by molar-refractivity contribution is -0.274. The monoisotopic (exact) mass is 467 g/mol. The first-order valence-electron chi connectivity index (χ1n) is 10.6. The molecule has 0 spiro atoms. The van der Waals surface area contributed by atoms with Crippen LogP contribution in [0.5, 0.6) is 5.75 Å². The maximum absolute atomic E-state index is 12.6. The van der Waals surface area contributed by atoms with Crippen molar-refractivity contribution in [2.75, 3.05) is 36.5 Å². The highest BCUT2D eigenvalue weighted by Crippen LogP contribution is 2.33. The number of halogens is 3. The van der Waals surface area contributed by atoms with E-state index in [4.69, 9.17) is 9.72 Å². The predicted octanol–water partition coefficient (Wildman–Crippen LogP) is 5.17. The maximum atomic E-state index is 12.6. The lowest BCUT2D eigenvalue weighted by Crippen LogP contribution is -2.37. The van der Waals surface area contributed by atoms with E-state index >= 15 is 0 Å². The zero-order valence-electron chi connectivity index (χ0n) is 17.9. The second-order valence-electron chi connectivity index (χ2n) is 7.61. The Hall–Kier alpha value is -3.92. The minimum atomic E-state index is -4.76. The largest absolute Gasteiger partial charge is 0.573 e. The molecule has 3 heterocycles. The highest BCUT2D eigenvalue weighted by molar-refractivity contribution is 6.02. The fourth-order valence-corrected chi connectivity index (χ4v) is 3.82. The van der Waals surface area contributed by atoms with Gasteiger partial charge in [-0.25, -0.2) is 15.0 Å². The van der Waals surface area contributed by atoms with Crippen molar-refractivity contribution >= 4 is 28.2 Å². The lowest BCUT2D eigenvalue weighted by Gasteiger charge is -2.26. The third kappa shape index (κ3) is 4.86. The smallest absolute Gasteiger partial charge is 0.406 e. The topological polar surface area (TPSA) is 72.4 Å². The van der Waals surface area contributed by atoms with Crippen LogP contribution in [0.4, 0.5) is 30.6 Å². The van der Waals surface area contributed by atoms with Crippen molar-refractivity contribution in [3.05, 3.63) is 67.0 Å². The Morgan fingerprint density at radius 1 is 0.941 bits per heavy atom. The SMILES string of the molecule is FC(F)(F)Oc1cccc(Nc2ncc(-c3ccnc(N4CCOCC4)n3)c3ccccc23)c1. The summed E-state index contributed by atoms with van der Waals surface area (Å²) in [5.74, 6) is 0.828. The Labute approximate surface area is 193 Å². The number of hydrogen-bond acceptors (Lipinski definition) is 7. The van der Waals surface area contributed by atoms with Gasteiger partial charge in [-0.15, -0.1) is 13.2 Å². The van der Waals surface area contributed by atoms with E-state index in [-0.39, 0.29) is 5.75 Å². The number of ether oxygens (including phenoxy) is 2. The van der Waals surface area contributed by atoms with Crippen molar-refractivity contribution in [3.8, 4) is 17.0 Å². The van der Waals surface area contributed by atoms with Gasteiger partial charge in [-0.05, 0) is 23.6 Å². The summed E-state index contributed by atoms with van der Waals surface area (Å²) in [5.41, 5.74) is 1.98. The molecule has 5 rings (SSSR count). The third-order valence-corrected chi connectivity index (χ3v) is 5.34. The molecule has 1 N–H and O–H groups in total. The van der Waals surface area contributed by atoms with Crippen molar-refractivity contribution < 1.29 is 22.6 Å². The highest BCUT2D eigenvalue weighted by Gasteiger charge is 2.31. The van der Waals surface area contributed by atoms with Gasteiger partial charge in [0.1, 0.15) is 11.6 Å². The first-order valence-corrected chi connectivity index (χ1v) is 10.6. The molecule has 0 saturated carbocycles. The summed E-state index contributed by atoms with van der Waals surface area (Å²) >= 11 is 0. The fraction of sp³-hybridized carbons (Fsp3) is 0.208. The van der Waals surface area contributed by atoms with Gasteiger partial charge in [0.05, 0.1) is 18.9 Å². The van der Waals surface area contributed by atoms with Gasteiger partial charge >= 0.3 is 6.36 Å². The van der Waals surface area contributed by atoms with Gasteiger partial charge in [-0.3, -0.25) is 0 Å². The second kappa shape index (κ2) is 9.14. The Morgan fingerprint density at radius 3 is 2.53 bits per heavy atom. The van der Waals surface area contributed by atoms with E-state index in [1.165, 1.54) is 18.2 Å². The standard InChI is InChI=1S/C24H20F3N5O2/c25-24(26,27)34-17-5-3-4-16(14-17)30-22-19-7-2-1-6-18(19)20(15-29-22)21-8-9-28-23(31-21)32-10-12-33-13-11-32/h1-9,14-15H,10-13H2,(H,29,30). The molecule has 0 unspecified atom stereocenters. The summed E-state index contributed by atoms with van der Waals surface area (Å²) in [7, 11) is 0. The molecule has 1 saturated heterocycles. The molecule has 0 amide bonds. The molecule has 174 valence electrons. The van der Waals surface area contributed by atoms with Crippen LogP contribution in [-0.2, 0) is 4.74 Å². The van der Waals surface area contributed by atoms with Crippen LogP contribution in [-0.4, -0.2) is 47.6 Å². The zero-order chi connectivity index (χ0) is 23.5. The molecule has 7 nitrogen and oxygen atoms in total. The van der Waals surface area contributed by atoms with Gasteiger partial charge in [-0.1, -0.05) is 30.3 Å². The number of anilines is 3. The molecular formula is C24H20F3N5O2. The number of nitrogens with zero attached hydrogens (tertiary/aromatic N) is 4. The maximum Gasteiger partial charge on any atom is 0.573 e. The number of hydrogen-bond donors (Lipinski definition) is 1. The van der Waals surface area contributed by atoms with E-state index in [2.05, 4.69) is 24.9 Å². The van der Waals surface area contributed by atoms with E-state index in [1.54, 1.807) is 18.5 Å². The van der Waals surface area contributed by atoms with Gasteiger partial charge in [0.2, 0.25) is 5.95 Å². The lowest BCUT2D eigenvalue weighted by atomic mass is 10.0. The minimum absolute atomic E-state index is 0.310. The second-order valence-corrected chi connectivity index (χ2v) is 7.61. The van der Waals surface area contributed by atoms with Crippen LogP contribution >= 0.6 is 0 Å². The molecule has 2 aromatic carbocycles. The molecule has 0 radical (unpaired) electrons. The average molecular weight is 467 g/mol. The molecular weight excluding hydrogens is 447 g/mol. The molecule has 2 aromatic heterocycles. The Bertz CT molecular complexity index is 1310. The van der Waals surface area contributed by atoms with Gasteiger partial charge in [0.15, 0.2) is 0 Å². The summed E-state index contributed by atoms with van der Waals surface area (Å²) in [5, 5.41) is 4.80. The van der Waals surface area contributed by atoms with Crippen LogP contribution in [0.2, 0.25) is 0 Å². The summed E-state index contributed by atoms with van der Waals surface area (Å²) in [6.45, 7) is 2.71. The number of fused-ring (bicyclic) bond motifs is 1. The predicted molar refractivity (Wildman–Crippen MR) is 122 cm³/mol. The van der Waals surface area contributed by atoms with Crippen LogP contribution in [0.15, 0.2) is 67.0 Å². The fourth-order valence-electron chi connectivity index (χ4n) is 3.82. The van der Waals surface area contributed by atoms with Gasteiger partial charge < -0.3 is 19.7 Å². The van der Waals surface area contributed by atoms with E-state index in [1.807, 2.05) is 30.3 Å². The van der Waals surface area contributed by atoms with Crippen LogP contribution in [0.25, 0.3) is 22.0 Å². The number of aromatic nitrogens is 3. The van der Waals surface area contributed by atoms with Gasteiger partial charge in [0, 0.05) is 48.2 Å². The molecule has 0 bridgehead atoms. The highest BCUT2D eigenvalue weighted by atomic mass is 19.4. The van der Waals surface area contributed by atoms with E-state index in [9.17, 15) is 13.2 Å². The van der Waals surface area contributed by atoms with Gasteiger partial charge in [-0.2, -0.15) is 0 Å². The van der Waals surface area contributed by atoms with E-state index in [0.29, 0.717) is 30.7 Å². The normalized spacial score (nSPS) is 14.3. The number of alkyl halides is 3. The van der Waals surface area contributed by atoms with Gasteiger partial charge in [0.25, 0.3) is 0 Å². The minimum Gasteiger partial charge on any atom is -0.406 e. The van der Waals surface area contributed by atoms with E-state index < -0.39 is 6.36 Å². The molecule has 1 aliphatic rings. The number of pyridine rings is 1. The molecule has 4 aromatic rings. The van der Waals surface area contributed by atoms with Crippen molar-refractivity contribution in [1.29, 1.82) is 0 Å². The van der Waals surface area contributed by atoms with Crippen molar-refractivity contribution in [2.24, 2.45) is 0 Å². The van der Waals surface area contributed by atoms with Crippen LogP contribution in [0, 0.1) is 0 Å². The third-order valence-electron chi connectivity index (χ3n) is 5.34. The summed E-state index contributed by atoms with van der Waals surface area (Å²) in [6, 6.07) is 15.1. The molecule has 1 fully saturated rings. The number of morpholine rings is 1.